The summed E-state index contributed by atoms with van der Waals surface area (Å²) in [7, 11) is -3.59. The number of carbonyl (C=O) groups is 1. The molecule has 0 aromatic heterocycles. The van der Waals surface area contributed by atoms with Gasteiger partial charge in [-0.3, -0.25) is 4.79 Å². The molecule has 6 nitrogen and oxygen atoms in total. The SMILES string of the molecule is CCOc1cc(CNS(=O)(=O)C(C)c2ccc(C)c(C)c2)ccc1NC(=O)c1ccccc1. The molecule has 0 saturated carbocycles. The first kappa shape index (κ1) is 24.5. The lowest BCUT2D eigenvalue weighted by Gasteiger charge is -2.17. The summed E-state index contributed by atoms with van der Waals surface area (Å²) in [6.07, 6.45) is 0. The van der Waals surface area contributed by atoms with Gasteiger partial charge in [0.15, 0.2) is 0 Å². The van der Waals surface area contributed by atoms with Crippen molar-refractivity contribution in [1.29, 1.82) is 0 Å². The van der Waals surface area contributed by atoms with Gasteiger partial charge in [-0.1, -0.05) is 42.5 Å². The lowest BCUT2D eigenvalue weighted by atomic mass is 10.0. The van der Waals surface area contributed by atoms with Crippen LogP contribution in [0.15, 0.2) is 66.7 Å². The fourth-order valence-corrected chi connectivity index (χ4v) is 4.47. The molecule has 7 heteroatoms. The van der Waals surface area contributed by atoms with Crippen molar-refractivity contribution in [3.8, 4) is 5.75 Å². The number of hydrogen-bond donors (Lipinski definition) is 2. The number of hydrogen-bond acceptors (Lipinski definition) is 4. The maximum absolute atomic E-state index is 12.9. The van der Waals surface area contributed by atoms with Crippen LogP contribution in [0.5, 0.6) is 5.75 Å². The van der Waals surface area contributed by atoms with E-state index in [-0.39, 0.29) is 12.5 Å². The van der Waals surface area contributed by atoms with Gasteiger partial charge in [-0.15, -0.1) is 0 Å². The molecule has 0 fully saturated rings. The van der Waals surface area contributed by atoms with Gasteiger partial charge < -0.3 is 10.1 Å². The summed E-state index contributed by atoms with van der Waals surface area (Å²) in [6.45, 7) is 8.03. The van der Waals surface area contributed by atoms with Crippen molar-refractivity contribution in [2.75, 3.05) is 11.9 Å². The summed E-state index contributed by atoms with van der Waals surface area (Å²) < 4.78 is 34.2. The van der Waals surface area contributed by atoms with Gasteiger partial charge in [0.2, 0.25) is 10.0 Å². The number of anilines is 1. The molecule has 174 valence electrons. The number of carbonyl (C=O) groups excluding carboxylic acids is 1. The molecule has 33 heavy (non-hydrogen) atoms. The second kappa shape index (κ2) is 10.6. The van der Waals surface area contributed by atoms with Gasteiger partial charge in [0.05, 0.1) is 17.5 Å². The van der Waals surface area contributed by atoms with Crippen LogP contribution in [-0.4, -0.2) is 20.9 Å². The van der Waals surface area contributed by atoms with Gasteiger partial charge in [0.25, 0.3) is 5.91 Å². The minimum absolute atomic E-state index is 0.116. The Bertz CT molecular complexity index is 1220. The predicted molar refractivity (Wildman–Crippen MR) is 132 cm³/mol. The number of rotatable bonds is 9. The van der Waals surface area contributed by atoms with Crippen LogP contribution in [0.2, 0.25) is 0 Å². The third-order valence-electron chi connectivity index (χ3n) is 5.57. The molecule has 2 N–H and O–H groups in total. The molecule has 0 aliphatic carbocycles. The molecule has 1 atom stereocenters. The first-order valence-corrected chi connectivity index (χ1v) is 12.4. The van der Waals surface area contributed by atoms with E-state index in [0.29, 0.717) is 23.6 Å². The highest BCUT2D eigenvalue weighted by atomic mass is 32.2. The molecule has 0 heterocycles. The fraction of sp³-hybridized carbons (Fsp3) is 0.269. The number of ether oxygens (including phenoxy) is 1. The van der Waals surface area contributed by atoms with Crippen LogP contribution < -0.4 is 14.8 Å². The second-order valence-electron chi connectivity index (χ2n) is 7.94. The highest BCUT2D eigenvalue weighted by Crippen LogP contribution is 2.28. The third-order valence-corrected chi connectivity index (χ3v) is 7.32. The molecular weight excluding hydrogens is 436 g/mol. The Morgan fingerprint density at radius 1 is 0.970 bits per heavy atom. The van der Waals surface area contributed by atoms with Gasteiger partial charge in [0, 0.05) is 12.1 Å². The zero-order valence-electron chi connectivity index (χ0n) is 19.4. The molecule has 3 aromatic rings. The van der Waals surface area contributed by atoms with E-state index in [1.165, 1.54) is 0 Å². The van der Waals surface area contributed by atoms with Gasteiger partial charge in [-0.2, -0.15) is 0 Å². The maximum Gasteiger partial charge on any atom is 0.255 e. The van der Waals surface area contributed by atoms with Crippen molar-refractivity contribution in [3.63, 3.8) is 0 Å². The highest BCUT2D eigenvalue weighted by Gasteiger charge is 2.22. The summed E-state index contributed by atoms with van der Waals surface area (Å²) in [4.78, 5) is 12.5. The van der Waals surface area contributed by atoms with Crippen LogP contribution in [0.1, 0.15) is 51.7 Å². The Morgan fingerprint density at radius 2 is 1.70 bits per heavy atom. The van der Waals surface area contributed by atoms with Crippen LogP contribution in [-0.2, 0) is 16.6 Å². The van der Waals surface area contributed by atoms with Crippen molar-refractivity contribution < 1.29 is 17.9 Å². The van der Waals surface area contributed by atoms with Crippen LogP contribution in [0, 0.1) is 13.8 Å². The summed E-state index contributed by atoms with van der Waals surface area (Å²) in [5.74, 6) is 0.243. The smallest absolute Gasteiger partial charge is 0.255 e. The number of sulfonamides is 1. The minimum atomic E-state index is -3.59. The number of benzene rings is 3. The average Bonchev–Trinajstić information content (AvgIpc) is 2.81. The topological polar surface area (TPSA) is 84.5 Å². The van der Waals surface area contributed by atoms with Gasteiger partial charge in [0.1, 0.15) is 5.75 Å². The molecule has 0 spiro atoms. The highest BCUT2D eigenvalue weighted by molar-refractivity contribution is 7.89. The quantitative estimate of drug-likeness (QED) is 0.458. The Balaban J connectivity index is 1.73. The van der Waals surface area contributed by atoms with E-state index in [0.717, 1.165) is 22.3 Å². The fourth-order valence-electron chi connectivity index (χ4n) is 3.34. The second-order valence-corrected chi connectivity index (χ2v) is 10.0. The Labute approximate surface area is 196 Å². The zero-order valence-corrected chi connectivity index (χ0v) is 20.2. The van der Waals surface area contributed by atoms with Gasteiger partial charge in [-0.25, -0.2) is 13.1 Å². The van der Waals surface area contributed by atoms with Crippen molar-refractivity contribution in [3.05, 3.63) is 94.5 Å². The Hall–Kier alpha value is -3.16. The van der Waals surface area contributed by atoms with Crippen LogP contribution in [0.4, 0.5) is 5.69 Å². The molecule has 0 aliphatic rings. The van der Waals surface area contributed by atoms with Gasteiger partial charge >= 0.3 is 0 Å². The monoisotopic (exact) mass is 466 g/mol. The molecule has 0 saturated heterocycles. The van der Waals surface area contributed by atoms with Crippen molar-refractivity contribution >= 4 is 21.6 Å². The van der Waals surface area contributed by atoms with E-state index in [9.17, 15) is 13.2 Å². The predicted octanol–water partition coefficient (Wildman–Crippen LogP) is 5.14. The van der Waals surface area contributed by atoms with E-state index in [1.807, 2.05) is 45.0 Å². The van der Waals surface area contributed by atoms with E-state index < -0.39 is 15.3 Å². The first-order valence-electron chi connectivity index (χ1n) is 10.9. The van der Waals surface area contributed by atoms with Gasteiger partial charge in [-0.05, 0) is 74.2 Å². The summed E-state index contributed by atoms with van der Waals surface area (Å²) in [5.41, 5.74) is 4.73. The molecule has 3 aromatic carbocycles. The lowest BCUT2D eigenvalue weighted by Crippen LogP contribution is -2.27. The standard InChI is InChI=1S/C26H30N2O4S/c1-5-32-25-16-21(12-14-24(25)28-26(29)22-9-7-6-8-10-22)17-27-33(30,31)20(4)23-13-11-18(2)19(3)15-23/h6-16,20,27H,5,17H2,1-4H3,(H,28,29). The molecule has 0 bridgehead atoms. The zero-order chi connectivity index (χ0) is 24.0. The normalized spacial score (nSPS) is 12.2. The van der Waals surface area contributed by atoms with Crippen LogP contribution >= 0.6 is 0 Å². The molecule has 0 aliphatic heterocycles. The van der Waals surface area contributed by atoms with Crippen molar-refractivity contribution in [2.24, 2.45) is 0 Å². The molecular formula is C26H30N2O4S. The lowest BCUT2D eigenvalue weighted by molar-refractivity contribution is 0.102. The summed E-state index contributed by atoms with van der Waals surface area (Å²) in [5, 5.41) is 2.17. The molecule has 0 radical (unpaired) electrons. The largest absolute Gasteiger partial charge is 0.492 e. The third kappa shape index (κ3) is 6.21. The summed E-state index contributed by atoms with van der Waals surface area (Å²) in [6, 6.07) is 19.8. The minimum Gasteiger partial charge on any atom is -0.492 e. The number of nitrogens with one attached hydrogen (secondary N) is 2. The summed E-state index contributed by atoms with van der Waals surface area (Å²) >= 11 is 0. The maximum atomic E-state index is 12.9. The van der Waals surface area contributed by atoms with Crippen molar-refractivity contribution in [2.45, 2.75) is 39.5 Å². The number of amides is 1. The Kier molecular flexibility index (Phi) is 7.89. The molecule has 3 rings (SSSR count). The van der Waals surface area contributed by atoms with Crippen molar-refractivity contribution in [1.82, 2.24) is 4.72 Å². The Morgan fingerprint density at radius 3 is 2.36 bits per heavy atom. The first-order chi connectivity index (χ1) is 15.7. The molecule has 1 unspecified atom stereocenters. The van der Waals surface area contributed by atoms with E-state index in [2.05, 4.69) is 10.0 Å². The number of aryl methyl sites for hydroxylation is 2. The average molecular weight is 467 g/mol. The van der Waals surface area contributed by atoms with Crippen LogP contribution in [0.3, 0.4) is 0 Å². The molecule has 1 amide bonds. The van der Waals surface area contributed by atoms with Crippen LogP contribution in [0.25, 0.3) is 0 Å². The van der Waals surface area contributed by atoms with E-state index in [4.69, 9.17) is 4.74 Å². The van der Waals surface area contributed by atoms with E-state index in [1.54, 1.807) is 49.4 Å². The van der Waals surface area contributed by atoms with E-state index >= 15 is 0 Å².